The fraction of sp³-hybridized carbons (Fsp3) is 0. The van der Waals surface area contributed by atoms with Gasteiger partial charge in [0.25, 0.3) is 0 Å². The van der Waals surface area contributed by atoms with Crippen LogP contribution in [0.25, 0.3) is 251 Å². The normalized spacial score (nSPS) is 11.6. The lowest BCUT2D eigenvalue weighted by atomic mass is 9.97. The number of aromatic nitrogens is 12. The summed E-state index contributed by atoms with van der Waals surface area (Å²) in [5, 5.41) is 13.0. The molecule has 27 rings (SSSR count). The SMILES string of the molecule is c1ccc(-c2ccc3c4ccc5oc6ccccc6c5c4n(-c4nc(-c5ccccc5)nc(-c5ccccc5)n4)c3c2)cc1.c1ccc(-c2nc(-c3ccccc3)nc(-n3c4ccccc4c4c(-c5ccccc5)cc5oc6ccccc6c5c43)n2)cc1.c1ccc(-c2nc(-c3ccccc3)nc(-n3c4ccccc4c4cc(-c5ccccc5)c5oc6ccccc6c5c43)n2)cc1. The molecule has 0 spiro atoms. The lowest BCUT2D eigenvalue weighted by Gasteiger charge is -2.12. The van der Waals surface area contributed by atoms with Gasteiger partial charge in [-0.2, -0.15) is 29.9 Å². The molecule has 0 radical (unpaired) electrons. The average molecular weight is 1690 g/mol. The van der Waals surface area contributed by atoms with Gasteiger partial charge in [-0.3, -0.25) is 13.7 Å². The second-order valence-electron chi connectivity index (χ2n) is 32.6. The van der Waals surface area contributed by atoms with Crippen LogP contribution in [0.2, 0.25) is 0 Å². The summed E-state index contributed by atoms with van der Waals surface area (Å²) in [5.41, 5.74) is 23.3. The highest BCUT2D eigenvalue weighted by Gasteiger charge is 2.30. The highest BCUT2D eigenvalue weighted by atomic mass is 16.3. The highest BCUT2D eigenvalue weighted by Crippen LogP contribution is 2.49. The third-order valence-corrected chi connectivity index (χ3v) is 24.8. The second kappa shape index (κ2) is 32.0. The lowest BCUT2D eigenvalue weighted by molar-refractivity contribution is 0.669. The molecule has 0 aliphatic carbocycles. The topological polar surface area (TPSA) is 170 Å². The first-order valence-electron chi connectivity index (χ1n) is 43.9. The van der Waals surface area contributed by atoms with Crippen LogP contribution < -0.4 is 0 Å². The molecular formula is C117H72N12O3. The third-order valence-electron chi connectivity index (χ3n) is 24.8. The minimum atomic E-state index is 0.556. The maximum absolute atomic E-state index is 6.65. The summed E-state index contributed by atoms with van der Waals surface area (Å²) in [5.74, 6) is 5.38. The van der Waals surface area contributed by atoms with E-state index >= 15 is 0 Å². The summed E-state index contributed by atoms with van der Waals surface area (Å²) in [7, 11) is 0. The van der Waals surface area contributed by atoms with Crippen molar-refractivity contribution in [2.45, 2.75) is 0 Å². The van der Waals surface area contributed by atoms with Gasteiger partial charge in [0, 0.05) is 87.4 Å². The fourth-order valence-electron chi connectivity index (χ4n) is 18.8. The van der Waals surface area contributed by atoms with E-state index in [0.717, 1.165) is 198 Å². The second-order valence-corrected chi connectivity index (χ2v) is 32.6. The van der Waals surface area contributed by atoms with Gasteiger partial charge in [0.2, 0.25) is 17.8 Å². The molecule has 9 aromatic heterocycles. The van der Waals surface area contributed by atoms with Gasteiger partial charge in [-0.15, -0.1) is 0 Å². The van der Waals surface area contributed by atoms with E-state index in [1.165, 1.54) is 0 Å². The third kappa shape index (κ3) is 13.2. The number of fused-ring (bicyclic) bond motifs is 21. The van der Waals surface area contributed by atoms with Crippen LogP contribution in [0.15, 0.2) is 450 Å². The zero-order valence-electron chi connectivity index (χ0n) is 70.7. The molecule has 18 aromatic carbocycles. The van der Waals surface area contributed by atoms with Crippen molar-refractivity contribution < 1.29 is 13.3 Å². The van der Waals surface area contributed by atoms with Gasteiger partial charge in [-0.25, -0.2) is 15.0 Å². The van der Waals surface area contributed by atoms with Gasteiger partial charge in [-0.05, 0) is 88.5 Å². The maximum Gasteiger partial charge on any atom is 0.238 e. The van der Waals surface area contributed by atoms with Gasteiger partial charge in [-0.1, -0.05) is 376 Å². The van der Waals surface area contributed by atoms with Crippen molar-refractivity contribution in [2.75, 3.05) is 0 Å². The Morgan fingerprint density at radius 2 is 0.470 bits per heavy atom. The molecule has 0 atom stereocenters. The molecule has 0 saturated heterocycles. The molecule has 0 aliphatic rings. The van der Waals surface area contributed by atoms with E-state index in [0.29, 0.717) is 52.8 Å². The Labute approximate surface area is 754 Å². The standard InChI is InChI=1S/3C39H24N4O/c1-4-14-25(15-5-1)30-24-31-28-20-10-12-22-32(28)43(35(31)34-29-21-11-13-23-33(29)44-36(30)34)39-41-37(26-16-6-2-7-17-26)40-38(42-39)27-18-8-3-9-19-27;1-4-14-25(15-5-1)30-24-33-35(29-21-11-13-23-32(29)44-33)36-34(30)28-20-10-12-22-31(28)43(36)39-41-37(26-16-6-2-7-17-26)40-38(42-39)27-18-8-3-9-19-27;1-4-12-25(13-5-1)28-20-21-29-30-22-23-34-35(31-18-10-11-19-33(31)44-34)36(30)43(32(29)24-28)39-41-37(26-14-6-2-7-15-26)40-38(42-39)27-16-8-3-9-17-27/h3*1-24H. The van der Waals surface area contributed by atoms with E-state index in [1.807, 2.05) is 237 Å². The van der Waals surface area contributed by atoms with Crippen molar-refractivity contribution in [1.29, 1.82) is 0 Å². The summed E-state index contributed by atoms with van der Waals surface area (Å²) < 4.78 is 26.1. The minimum Gasteiger partial charge on any atom is -0.456 e. The van der Waals surface area contributed by atoms with Gasteiger partial charge < -0.3 is 13.3 Å². The zero-order chi connectivity index (χ0) is 87.1. The van der Waals surface area contributed by atoms with Crippen LogP contribution in [0.1, 0.15) is 0 Å². The monoisotopic (exact) mass is 1690 g/mol. The number of benzene rings is 18. The van der Waals surface area contributed by atoms with Gasteiger partial charge in [0.05, 0.1) is 49.3 Å². The quantitative estimate of drug-likeness (QED) is 0.114. The van der Waals surface area contributed by atoms with E-state index in [4.69, 9.17) is 58.1 Å². The Kier molecular flexibility index (Phi) is 18.5. The van der Waals surface area contributed by atoms with Crippen molar-refractivity contribution in [3.8, 4) is 120 Å². The van der Waals surface area contributed by atoms with Crippen LogP contribution in [-0.4, -0.2) is 58.6 Å². The first-order chi connectivity index (χ1) is 65.5. The molecule has 0 aliphatic heterocycles. The number of hydrogen-bond acceptors (Lipinski definition) is 12. The van der Waals surface area contributed by atoms with E-state index in [1.54, 1.807) is 0 Å². The van der Waals surface area contributed by atoms with Crippen molar-refractivity contribution in [2.24, 2.45) is 0 Å². The van der Waals surface area contributed by atoms with E-state index < -0.39 is 0 Å². The predicted molar refractivity (Wildman–Crippen MR) is 533 cm³/mol. The summed E-state index contributed by atoms with van der Waals surface area (Å²) in [6.07, 6.45) is 0. The molecular weight excluding hydrogens is 1620 g/mol. The highest BCUT2D eigenvalue weighted by molar-refractivity contribution is 6.30. The Balaban J connectivity index is 0.000000106. The summed E-state index contributed by atoms with van der Waals surface area (Å²) in [4.78, 5) is 45.8. The number of nitrogens with zero attached hydrogens (tertiary/aromatic N) is 12. The number of para-hydroxylation sites is 5. The van der Waals surface area contributed by atoms with Crippen LogP contribution in [0.3, 0.4) is 0 Å². The average Bonchev–Trinajstić information content (AvgIpc) is 1.56. The molecule has 132 heavy (non-hydrogen) atoms. The van der Waals surface area contributed by atoms with E-state index in [9.17, 15) is 0 Å². The summed E-state index contributed by atoms with van der Waals surface area (Å²) >= 11 is 0. The Morgan fingerprint density at radius 3 is 0.917 bits per heavy atom. The van der Waals surface area contributed by atoms with Crippen molar-refractivity contribution >= 4 is 131 Å². The molecule has 27 aromatic rings. The molecule has 618 valence electrons. The minimum absolute atomic E-state index is 0.556. The Hall–Kier alpha value is -18.2. The Morgan fingerprint density at radius 1 is 0.159 bits per heavy atom. The fourth-order valence-corrected chi connectivity index (χ4v) is 18.8. The van der Waals surface area contributed by atoms with E-state index in [2.05, 4.69) is 214 Å². The molecule has 9 heterocycles. The molecule has 0 unspecified atom stereocenters. The first kappa shape index (κ1) is 76.2. The summed E-state index contributed by atoms with van der Waals surface area (Å²) in [6.45, 7) is 0. The molecule has 0 fully saturated rings. The van der Waals surface area contributed by atoms with Crippen molar-refractivity contribution in [3.63, 3.8) is 0 Å². The first-order valence-corrected chi connectivity index (χ1v) is 43.9. The molecule has 15 heteroatoms. The maximum atomic E-state index is 6.65. The smallest absolute Gasteiger partial charge is 0.238 e. The summed E-state index contributed by atoms with van der Waals surface area (Å²) in [6, 6.07) is 149. The molecule has 0 N–H and O–H groups in total. The largest absolute Gasteiger partial charge is 0.456 e. The number of rotatable bonds is 12. The number of hydrogen-bond donors (Lipinski definition) is 0. The van der Waals surface area contributed by atoms with Gasteiger partial charge >= 0.3 is 0 Å². The molecule has 0 saturated carbocycles. The van der Waals surface area contributed by atoms with E-state index in [-0.39, 0.29) is 0 Å². The molecule has 15 nitrogen and oxygen atoms in total. The molecule has 0 amide bonds. The van der Waals surface area contributed by atoms with Crippen molar-refractivity contribution in [1.82, 2.24) is 58.6 Å². The van der Waals surface area contributed by atoms with Crippen LogP contribution in [0.4, 0.5) is 0 Å². The van der Waals surface area contributed by atoms with Crippen LogP contribution >= 0.6 is 0 Å². The van der Waals surface area contributed by atoms with Crippen LogP contribution in [-0.2, 0) is 0 Å². The Bertz CT molecular complexity index is 8830. The van der Waals surface area contributed by atoms with Crippen molar-refractivity contribution in [3.05, 3.63) is 437 Å². The molecule has 0 bridgehead atoms. The predicted octanol–water partition coefficient (Wildman–Crippen LogP) is 29.6. The van der Waals surface area contributed by atoms with Gasteiger partial charge in [0.15, 0.2) is 34.9 Å². The van der Waals surface area contributed by atoms with Gasteiger partial charge in [0.1, 0.15) is 33.5 Å². The van der Waals surface area contributed by atoms with Crippen LogP contribution in [0.5, 0.6) is 0 Å². The zero-order valence-corrected chi connectivity index (χ0v) is 70.7. The lowest BCUT2D eigenvalue weighted by Crippen LogP contribution is -2.06. The van der Waals surface area contributed by atoms with Crippen LogP contribution in [0, 0.1) is 0 Å². The number of furan rings is 3.